The summed E-state index contributed by atoms with van der Waals surface area (Å²) < 4.78 is 6.05. The topological polar surface area (TPSA) is 29.5 Å². The highest BCUT2D eigenvalue weighted by Crippen LogP contribution is 2.40. The van der Waals surface area contributed by atoms with Gasteiger partial charge in [0, 0.05) is 24.4 Å². The van der Waals surface area contributed by atoms with Crippen molar-refractivity contribution in [3.05, 3.63) is 69.7 Å². The van der Waals surface area contributed by atoms with E-state index in [1.807, 2.05) is 63.5 Å². The summed E-state index contributed by atoms with van der Waals surface area (Å²) >= 11 is 6.04. The Balaban J connectivity index is 2.06. The molecular weight excluding hydrogens is 322 g/mol. The van der Waals surface area contributed by atoms with E-state index in [1.54, 1.807) is 0 Å². The maximum atomic E-state index is 12.7. The van der Waals surface area contributed by atoms with Gasteiger partial charge in [-0.1, -0.05) is 41.9 Å². The molecule has 0 radical (unpaired) electrons. The summed E-state index contributed by atoms with van der Waals surface area (Å²) in [4.78, 5) is 14.9. The number of hydrogen-bond donors (Lipinski definition) is 0. The zero-order valence-electron chi connectivity index (χ0n) is 14.3. The molecule has 3 nitrogen and oxygen atoms in total. The second-order valence-corrected chi connectivity index (χ2v) is 7.17. The van der Waals surface area contributed by atoms with Gasteiger partial charge in [0.2, 0.25) is 0 Å². The van der Waals surface area contributed by atoms with E-state index in [1.165, 1.54) is 0 Å². The molecule has 0 amide bonds. The monoisotopic (exact) mass is 343 g/mol. The van der Waals surface area contributed by atoms with Gasteiger partial charge < -0.3 is 9.64 Å². The fourth-order valence-corrected chi connectivity index (χ4v) is 3.47. The molecule has 0 spiro atoms. The van der Waals surface area contributed by atoms with Crippen LogP contribution in [0, 0.1) is 6.92 Å². The van der Waals surface area contributed by atoms with Crippen molar-refractivity contribution in [2.75, 3.05) is 20.6 Å². The Morgan fingerprint density at radius 1 is 1.17 bits per heavy atom. The molecule has 0 saturated heterocycles. The van der Waals surface area contributed by atoms with Crippen LogP contribution in [-0.2, 0) is 16.8 Å². The number of benzene rings is 2. The van der Waals surface area contributed by atoms with E-state index in [-0.39, 0.29) is 5.97 Å². The number of hydrogen-bond acceptors (Lipinski definition) is 3. The quantitative estimate of drug-likeness (QED) is 0.779. The van der Waals surface area contributed by atoms with Crippen LogP contribution in [0.3, 0.4) is 0 Å². The van der Waals surface area contributed by atoms with Gasteiger partial charge in [-0.2, -0.15) is 0 Å². The number of cyclic esters (lactones) is 1. The Labute approximate surface area is 148 Å². The van der Waals surface area contributed by atoms with E-state index in [4.69, 9.17) is 16.3 Å². The van der Waals surface area contributed by atoms with Crippen LogP contribution in [-0.4, -0.2) is 31.5 Å². The second kappa shape index (κ2) is 6.58. The number of halogens is 1. The Morgan fingerprint density at radius 2 is 1.88 bits per heavy atom. The minimum absolute atomic E-state index is 0.233. The molecule has 2 aromatic carbocycles. The summed E-state index contributed by atoms with van der Waals surface area (Å²) in [5.74, 6) is -0.233. The van der Waals surface area contributed by atoms with Gasteiger partial charge >= 0.3 is 5.97 Å². The van der Waals surface area contributed by atoms with E-state index < -0.39 is 5.60 Å². The van der Waals surface area contributed by atoms with Gasteiger partial charge in [0.25, 0.3) is 0 Å². The number of ether oxygens (including phenoxy) is 1. The Morgan fingerprint density at radius 3 is 2.54 bits per heavy atom. The third-order valence-corrected chi connectivity index (χ3v) is 4.91. The third kappa shape index (κ3) is 3.19. The Hall–Kier alpha value is -1.84. The van der Waals surface area contributed by atoms with Crippen LogP contribution >= 0.6 is 11.6 Å². The van der Waals surface area contributed by atoms with Crippen molar-refractivity contribution in [2.24, 2.45) is 0 Å². The maximum Gasteiger partial charge on any atom is 0.339 e. The third-order valence-electron chi connectivity index (χ3n) is 4.66. The number of rotatable bonds is 4. The van der Waals surface area contributed by atoms with Gasteiger partial charge in [0.05, 0.1) is 5.56 Å². The summed E-state index contributed by atoms with van der Waals surface area (Å²) in [5, 5.41) is 0.680. The standard InChI is InChI=1S/C20H22ClNO2/c1-14-5-4-6-15-13-20(11-12-22(2)3,24-19(23)18(14)15)16-7-9-17(21)10-8-16/h4-10H,11-13H2,1-3H3. The van der Waals surface area contributed by atoms with Crippen molar-refractivity contribution in [2.45, 2.75) is 25.4 Å². The lowest BCUT2D eigenvalue weighted by molar-refractivity contribution is -0.0356. The lowest BCUT2D eigenvalue weighted by atomic mass is 9.80. The number of carbonyl (C=O) groups is 1. The first-order chi connectivity index (χ1) is 11.4. The van der Waals surface area contributed by atoms with Crippen LogP contribution in [0.5, 0.6) is 0 Å². The van der Waals surface area contributed by atoms with Gasteiger partial charge in [-0.25, -0.2) is 4.79 Å². The molecule has 0 aliphatic carbocycles. The van der Waals surface area contributed by atoms with Crippen molar-refractivity contribution < 1.29 is 9.53 Å². The Bertz CT molecular complexity index is 755. The zero-order valence-corrected chi connectivity index (χ0v) is 15.1. The van der Waals surface area contributed by atoms with Crippen LogP contribution in [0.2, 0.25) is 5.02 Å². The fourth-order valence-electron chi connectivity index (χ4n) is 3.34. The molecule has 0 saturated carbocycles. The van der Waals surface area contributed by atoms with Crippen LogP contribution < -0.4 is 0 Å². The van der Waals surface area contributed by atoms with Gasteiger partial charge in [-0.15, -0.1) is 0 Å². The van der Waals surface area contributed by atoms with Crippen LogP contribution in [0.15, 0.2) is 42.5 Å². The molecule has 1 heterocycles. The van der Waals surface area contributed by atoms with Crippen molar-refractivity contribution in [1.29, 1.82) is 0 Å². The van der Waals surface area contributed by atoms with Crippen LogP contribution in [0.1, 0.15) is 33.5 Å². The summed E-state index contributed by atoms with van der Waals surface area (Å²) in [6, 6.07) is 13.6. The molecule has 0 bridgehead atoms. The van der Waals surface area contributed by atoms with Gasteiger partial charge in [0.1, 0.15) is 5.60 Å². The summed E-state index contributed by atoms with van der Waals surface area (Å²) in [5.41, 5.74) is 3.09. The van der Waals surface area contributed by atoms with E-state index in [2.05, 4.69) is 4.90 Å². The lowest BCUT2D eigenvalue weighted by Gasteiger charge is -2.39. The Kier molecular flexibility index (Phi) is 4.66. The summed E-state index contributed by atoms with van der Waals surface area (Å²) in [6.07, 6.45) is 1.42. The first kappa shape index (κ1) is 17.0. The zero-order chi connectivity index (χ0) is 17.3. The van der Waals surface area contributed by atoms with Crippen LogP contribution in [0.25, 0.3) is 0 Å². The minimum atomic E-state index is -0.646. The first-order valence-corrected chi connectivity index (χ1v) is 8.52. The molecule has 126 valence electrons. The lowest BCUT2D eigenvalue weighted by Crippen LogP contribution is -2.41. The van der Waals surface area contributed by atoms with Gasteiger partial charge in [-0.05, 0) is 49.8 Å². The average Bonchev–Trinajstić information content (AvgIpc) is 2.53. The number of nitrogens with zero attached hydrogens (tertiary/aromatic N) is 1. The van der Waals surface area contributed by atoms with E-state index in [9.17, 15) is 4.79 Å². The highest BCUT2D eigenvalue weighted by atomic mass is 35.5. The minimum Gasteiger partial charge on any atom is -0.450 e. The molecule has 0 fully saturated rings. The molecule has 1 atom stereocenters. The van der Waals surface area contributed by atoms with Gasteiger partial charge in [-0.3, -0.25) is 0 Å². The fraction of sp³-hybridized carbons (Fsp3) is 0.350. The first-order valence-electron chi connectivity index (χ1n) is 8.14. The molecule has 0 aromatic heterocycles. The summed E-state index contributed by atoms with van der Waals surface area (Å²) in [7, 11) is 4.05. The predicted octanol–water partition coefficient (Wildman–Crippen LogP) is 4.21. The molecule has 2 aromatic rings. The SMILES string of the molecule is Cc1cccc2c1C(=O)OC(CCN(C)C)(c1ccc(Cl)cc1)C2. The van der Waals surface area contributed by atoms with Crippen molar-refractivity contribution in [3.8, 4) is 0 Å². The van der Waals surface area contributed by atoms with Gasteiger partial charge in [0.15, 0.2) is 0 Å². The average molecular weight is 344 g/mol. The molecule has 1 aliphatic heterocycles. The predicted molar refractivity (Wildman–Crippen MR) is 96.6 cm³/mol. The highest BCUT2D eigenvalue weighted by molar-refractivity contribution is 6.30. The van der Waals surface area contributed by atoms with E-state index >= 15 is 0 Å². The van der Waals surface area contributed by atoms with Crippen molar-refractivity contribution in [1.82, 2.24) is 4.90 Å². The molecule has 24 heavy (non-hydrogen) atoms. The molecule has 3 rings (SSSR count). The van der Waals surface area contributed by atoms with E-state index in [0.717, 1.165) is 29.7 Å². The van der Waals surface area contributed by atoms with Crippen molar-refractivity contribution in [3.63, 3.8) is 0 Å². The van der Waals surface area contributed by atoms with Crippen LogP contribution in [0.4, 0.5) is 0 Å². The number of fused-ring (bicyclic) bond motifs is 1. The molecule has 4 heteroatoms. The highest BCUT2D eigenvalue weighted by Gasteiger charge is 2.42. The largest absolute Gasteiger partial charge is 0.450 e. The molecule has 1 unspecified atom stereocenters. The number of aryl methyl sites for hydroxylation is 1. The second-order valence-electron chi connectivity index (χ2n) is 6.73. The maximum absolute atomic E-state index is 12.7. The van der Waals surface area contributed by atoms with E-state index in [0.29, 0.717) is 17.0 Å². The van der Waals surface area contributed by atoms with Crippen molar-refractivity contribution >= 4 is 17.6 Å². The number of esters is 1. The molecule has 1 aliphatic rings. The molecular formula is C20H22ClNO2. The number of carbonyl (C=O) groups excluding carboxylic acids is 1. The smallest absolute Gasteiger partial charge is 0.339 e. The summed E-state index contributed by atoms with van der Waals surface area (Å²) in [6.45, 7) is 2.78. The molecule has 0 N–H and O–H groups in total. The normalized spacial score (nSPS) is 20.0.